The molecule has 2 amide bonds. The van der Waals surface area contributed by atoms with E-state index in [0.717, 1.165) is 10.0 Å². The number of nitrogens with zero attached hydrogens (tertiary/aromatic N) is 2. The van der Waals surface area contributed by atoms with Gasteiger partial charge in [-0.2, -0.15) is 0 Å². The van der Waals surface area contributed by atoms with Crippen molar-refractivity contribution in [1.29, 1.82) is 0 Å². The lowest BCUT2D eigenvalue weighted by atomic mass is 10.0. The maximum atomic E-state index is 12.4. The number of β-amino-alcohol motifs (C(OH)–C–C–N with tert-alkyl or cyclic N) is 1. The van der Waals surface area contributed by atoms with Crippen LogP contribution >= 0.6 is 15.9 Å². The van der Waals surface area contributed by atoms with Crippen molar-refractivity contribution in [3.8, 4) is 0 Å². The molecule has 2 atom stereocenters. The fourth-order valence-electron chi connectivity index (χ4n) is 3.18. The van der Waals surface area contributed by atoms with Gasteiger partial charge in [0.1, 0.15) is 0 Å². The molecule has 0 aromatic heterocycles. The number of amides is 2. The number of hydrogen-bond acceptors (Lipinski definition) is 4. The van der Waals surface area contributed by atoms with Crippen LogP contribution in [-0.4, -0.2) is 65.5 Å². The second kappa shape index (κ2) is 7.63. The fourth-order valence-corrected chi connectivity index (χ4v) is 3.44. The highest BCUT2D eigenvalue weighted by atomic mass is 79.9. The lowest BCUT2D eigenvalue weighted by molar-refractivity contribution is -0.146. The summed E-state index contributed by atoms with van der Waals surface area (Å²) in [6.45, 7) is 3.00. The molecular weight excluding hydrogens is 374 g/mol. The zero-order valence-corrected chi connectivity index (χ0v) is 15.0. The summed E-state index contributed by atoms with van der Waals surface area (Å²) in [5.41, 5.74) is 1.08. The Labute approximate surface area is 149 Å². The highest BCUT2D eigenvalue weighted by Crippen LogP contribution is 2.17. The van der Waals surface area contributed by atoms with Gasteiger partial charge in [0.2, 0.25) is 11.8 Å². The van der Waals surface area contributed by atoms with Gasteiger partial charge in [-0.1, -0.05) is 28.1 Å². The van der Waals surface area contributed by atoms with E-state index in [4.69, 9.17) is 0 Å². The molecular formula is C17H22BrN3O3. The van der Waals surface area contributed by atoms with Gasteiger partial charge in [-0.05, 0) is 17.7 Å². The van der Waals surface area contributed by atoms with E-state index in [-0.39, 0.29) is 24.3 Å². The van der Waals surface area contributed by atoms with E-state index in [9.17, 15) is 14.7 Å². The summed E-state index contributed by atoms with van der Waals surface area (Å²) in [6.07, 6.45) is -0.169. The largest absolute Gasteiger partial charge is 0.391 e. The van der Waals surface area contributed by atoms with Gasteiger partial charge >= 0.3 is 0 Å². The molecule has 3 rings (SSSR count). The van der Waals surface area contributed by atoms with Gasteiger partial charge in [-0.15, -0.1) is 0 Å². The number of halogens is 1. The van der Waals surface area contributed by atoms with Crippen molar-refractivity contribution in [3.63, 3.8) is 0 Å². The minimum Gasteiger partial charge on any atom is -0.391 e. The first-order chi connectivity index (χ1) is 11.5. The van der Waals surface area contributed by atoms with Crippen molar-refractivity contribution >= 4 is 27.7 Å². The predicted octanol–water partition coefficient (Wildman–Crippen LogP) is 0.590. The Balaban J connectivity index is 1.52. The Morgan fingerprint density at radius 2 is 2.00 bits per heavy atom. The lowest BCUT2D eigenvalue weighted by Crippen LogP contribution is -2.52. The van der Waals surface area contributed by atoms with E-state index in [1.165, 1.54) is 0 Å². The molecule has 24 heavy (non-hydrogen) atoms. The third-order valence-electron chi connectivity index (χ3n) is 4.70. The topological polar surface area (TPSA) is 72.9 Å². The molecule has 0 aliphatic carbocycles. The van der Waals surface area contributed by atoms with E-state index in [1.807, 2.05) is 24.3 Å². The summed E-state index contributed by atoms with van der Waals surface area (Å²) in [6, 6.07) is 7.90. The fraction of sp³-hybridized carbons (Fsp3) is 0.529. The number of hydrogen-bond donors (Lipinski definition) is 2. The monoisotopic (exact) mass is 395 g/mol. The molecule has 0 saturated carbocycles. The molecule has 2 aliphatic heterocycles. The van der Waals surface area contributed by atoms with Gasteiger partial charge in [0, 0.05) is 49.5 Å². The number of benzene rings is 1. The van der Waals surface area contributed by atoms with Gasteiger partial charge in [0.05, 0.1) is 12.6 Å². The van der Waals surface area contributed by atoms with Crippen LogP contribution in [0.4, 0.5) is 0 Å². The maximum absolute atomic E-state index is 12.4. The average Bonchev–Trinajstić information content (AvgIpc) is 2.96. The zero-order chi connectivity index (χ0) is 17.1. The van der Waals surface area contributed by atoms with Gasteiger partial charge in [-0.3, -0.25) is 9.59 Å². The quantitative estimate of drug-likeness (QED) is 0.782. The van der Waals surface area contributed by atoms with Crippen LogP contribution in [0.3, 0.4) is 0 Å². The van der Waals surface area contributed by atoms with Crippen LogP contribution in [0.15, 0.2) is 28.7 Å². The Morgan fingerprint density at radius 1 is 1.25 bits per heavy atom. The van der Waals surface area contributed by atoms with Gasteiger partial charge < -0.3 is 20.2 Å². The lowest BCUT2D eigenvalue weighted by Gasteiger charge is -2.35. The van der Waals surface area contributed by atoms with Crippen molar-refractivity contribution in [2.24, 2.45) is 5.92 Å². The molecule has 7 heteroatoms. The Morgan fingerprint density at radius 3 is 2.62 bits per heavy atom. The summed E-state index contributed by atoms with van der Waals surface area (Å²) < 4.78 is 1.01. The van der Waals surface area contributed by atoms with Gasteiger partial charge in [0.25, 0.3) is 0 Å². The van der Waals surface area contributed by atoms with Crippen molar-refractivity contribution in [2.75, 3.05) is 32.7 Å². The predicted molar refractivity (Wildman–Crippen MR) is 93.1 cm³/mol. The van der Waals surface area contributed by atoms with Crippen LogP contribution in [0.5, 0.6) is 0 Å². The van der Waals surface area contributed by atoms with E-state index >= 15 is 0 Å². The molecule has 0 radical (unpaired) electrons. The normalized spacial score (nSPS) is 24.5. The Kier molecular flexibility index (Phi) is 5.53. The maximum Gasteiger partial charge on any atom is 0.242 e. The molecule has 2 heterocycles. The first kappa shape index (κ1) is 17.4. The highest BCUT2D eigenvalue weighted by molar-refractivity contribution is 9.10. The van der Waals surface area contributed by atoms with E-state index in [0.29, 0.717) is 39.1 Å². The van der Waals surface area contributed by atoms with E-state index in [1.54, 1.807) is 9.80 Å². The van der Waals surface area contributed by atoms with Gasteiger partial charge in [0.15, 0.2) is 0 Å². The molecule has 2 N–H and O–H groups in total. The van der Waals surface area contributed by atoms with Crippen LogP contribution in [0.2, 0.25) is 0 Å². The number of aliphatic hydroxyl groups excluding tert-OH is 1. The standard InChI is InChI=1S/C17H22BrN3O3/c18-14-3-1-12(2-4-14)10-20-5-6-21(11-17(20)24)16(23)7-13-8-19-9-15(13)22/h1-4,13,15,19,22H,5-11H2/t13-,15-/m1/s1. The van der Waals surface area contributed by atoms with Crippen LogP contribution in [0.1, 0.15) is 12.0 Å². The second-order valence-corrected chi connectivity index (χ2v) is 7.36. The van der Waals surface area contributed by atoms with Crippen molar-refractivity contribution in [3.05, 3.63) is 34.3 Å². The second-order valence-electron chi connectivity index (χ2n) is 6.45. The summed E-state index contributed by atoms with van der Waals surface area (Å²) in [7, 11) is 0. The van der Waals surface area contributed by atoms with E-state index in [2.05, 4.69) is 21.2 Å². The summed E-state index contributed by atoms with van der Waals surface area (Å²) >= 11 is 3.40. The van der Waals surface area contributed by atoms with Crippen LogP contribution < -0.4 is 5.32 Å². The summed E-state index contributed by atoms with van der Waals surface area (Å²) in [5, 5.41) is 12.9. The third kappa shape index (κ3) is 4.15. The SMILES string of the molecule is O=C(C[C@@H]1CNC[C@H]1O)N1CCN(Cc2ccc(Br)cc2)C(=O)C1. The molecule has 0 spiro atoms. The summed E-state index contributed by atoms with van der Waals surface area (Å²) in [4.78, 5) is 28.1. The molecule has 2 fully saturated rings. The van der Waals surface area contributed by atoms with Crippen molar-refractivity contribution < 1.29 is 14.7 Å². The first-order valence-corrected chi connectivity index (χ1v) is 9.01. The smallest absolute Gasteiger partial charge is 0.242 e. The molecule has 1 aromatic carbocycles. The molecule has 0 unspecified atom stereocenters. The number of nitrogens with one attached hydrogen (secondary N) is 1. The minimum atomic E-state index is -0.469. The molecule has 1 aromatic rings. The van der Waals surface area contributed by atoms with Crippen LogP contribution in [0.25, 0.3) is 0 Å². The van der Waals surface area contributed by atoms with Crippen LogP contribution in [-0.2, 0) is 16.1 Å². The third-order valence-corrected chi connectivity index (χ3v) is 5.23. The minimum absolute atomic E-state index is 0.0254. The number of piperazine rings is 1. The van der Waals surface area contributed by atoms with Crippen LogP contribution in [0, 0.1) is 5.92 Å². The molecule has 0 bridgehead atoms. The number of aliphatic hydroxyl groups is 1. The number of carbonyl (C=O) groups is 2. The highest BCUT2D eigenvalue weighted by Gasteiger charge is 2.32. The zero-order valence-electron chi connectivity index (χ0n) is 13.4. The molecule has 6 nitrogen and oxygen atoms in total. The Hall–Kier alpha value is -1.44. The Bertz CT molecular complexity index is 608. The van der Waals surface area contributed by atoms with Gasteiger partial charge in [-0.25, -0.2) is 0 Å². The van der Waals surface area contributed by atoms with Crippen molar-refractivity contribution in [1.82, 2.24) is 15.1 Å². The average molecular weight is 396 g/mol. The molecule has 2 saturated heterocycles. The molecule has 130 valence electrons. The number of rotatable bonds is 4. The van der Waals surface area contributed by atoms with E-state index < -0.39 is 6.10 Å². The summed E-state index contributed by atoms with van der Waals surface area (Å²) in [5.74, 6) is -0.115. The van der Waals surface area contributed by atoms with Crippen molar-refractivity contribution in [2.45, 2.75) is 19.1 Å². The first-order valence-electron chi connectivity index (χ1n) is 8.21. The molecule has 2 aliphatic rings. The number of carbonyl (C=O) groups excluding carboxylic acids is 2.